The van der Waals surface area contributed by atoms with Gasteiger partial charge >= 0.3 is 0 Å². The number of aryl methyl sites for hydroxylation is 1. The number of fused-ring (bicyclic) bond motifs is 1. The number of nitrogens with zero attached hydrogens (tertiary/aromatic N) is 1. The Hall–Kier alpha value is -3.90. The van der Waals surface area contributed by atoms with Crippen molar-refractivity contribution in [3.05, 3.63) is 123 Å². The Morgan fingerprint density at radius 1 is 0.892 bits per heavy atom. The monoisotopic (exact) mass is 553 g/mol. The van der Waals surface area contributed by atoms with Gasteiger partial charge < -0.3 is 16.0 Å². The summed E-state index contributed by atoms with van der Waals surface area (Å²) in [5.74, 6) is -0.486. The fourth-order valence-electron chi connectivity index (χ4n) is 4.83. The molecule has 0 spiro atoms. The second-order valence-electron chi connectivity index (χ2n) is 9.28. The van der Waals surface area contributed by atoms with Gasteiger partial charge in [0.1, 0.15) is 0 Å². The number of primary amides is 1. The minimum Gasteiger partial charge on any atom is -0.367 e. The summed E-state index contributed by atoms with van der Waals surface area (Å²) in [6.45, 7) is 2.24. The van der Waals surface area contributed by atoms with Crippen LogP contribution in [-0.2, 0) is 19.5 Å². The zero-order chi connectivity index (χ0) is 25.8. The number of benzene rings is 4. The number of carbonyl (C=O) groups is 2. The van der Waals surface area contributed by atoms with Gasteiger partial charge in [-0.15, -0.1) is 0 Å². The number of nitrogens with one attached hydrogen (secondary N) is 1. The first-order valence-corrected chi connectivity index (χ1v) is 13.2. The first kappa shape index (κ1) is 24.8. The summed E-state index contributed by atoms with van der Waals surface area (Å²) in [4.78, 5) is 27.0. The molecule has 0 unspecified atom stereocenters. The van der Waals surface area contributed by atoms with Crippen LogP contribution in [0.3, 0.4) is 0 Å². The van der Waals surface area contributed by atoms with Crippen LogP contribution in [0.25, 0.3) is 11.1 Å². The van der Waals surface area contributed by atoms with E-state index in [9.17, 15) is 9.59 Å². The Balaban J connectivity index is 1.27. The van der Waals surface area contributed by atoms with Gasteiger partial charge in [-0.2, -0.15) is 0 Å². The maximum absolute atomic E-state index is 12.8. The Morgan fingerprint density at radius 2 is 1.62 bits per heavy atom. The lowest BCUT2D eigenvalue weighted by atomic mass is 9.97. The molecule has 186 valence electrons. The SMILES string of the molecule is NC(=O)c1ccccc1-c1ccc(CN2CCCc3cc(C(=O)NCc4ccc(Br)cc4)ccc32)cc1. The van der Waals surface area contributed by atoms with Crippen molar-refractivity contribution in [3.63, 3.8) is 0 Å². The van der Waals surface area contributed by atoms with E-state index in [-0.39, 0.29) is 5.91 Å². The fraction of sp³-hybridized carbons (Fsp3) is 0.161. The normalized spacial score (nSPS) is 12.6. The highest BCUT2D eigenvalue weighted by Gasteiger charge is 2.19. The fourth-order valence-corrected chi connectivity index (χ4v) is 5.09. The molecular weight excluding hydrogens is 526 g/mol. The van der Waals surface area contributed by atoms with Gasteiger partial charge in [0.2, 0.25) is 5.91 Å². The summed E-state index contributed by atoms with van der Waals surface area (Å²) in [6.07, 6.45) is 2.00. The van der Waals surface area contributed by atoms with Crippen LogP contribution in [0.2, 0.25) is 0 Å². The zero-order valence-electron chi connectivity index (χ0n) is 20.4. The lowest BCUT2D eigenvalue weighted by Crippen LogP contribution is -2.29. The maximum Gasteiger partial charge on any atom is 0.251 e. The molecule has 37 heavy (non-hydrogen) atoms. The largest absolute Gasteiger partial charge is 0.367 e. The molecule has 0 radical (unpaired) electrons. The predicted molar refractivity (Wildman–Crippen MR) is 152 cm³/mol. The number of rotatable bonds is 7. The number of hydrogen-bond donors (Lipinski definition) is 2. The minimum absolute atomic E-state index is 0.0605. The number of halogens is 1. The topological polar surface area (TPSA) is 75.4 Å². The van der Waals surface area contributed by atoms with Gasteiger partial charge in [0.15, 0.2) is 0 Å². The molecule has 1 heterocycles. The van der Waals surface area contributed by atoms with Crippen molar-refractivity contribution >= 4 is 33.4 Å². The summed E-state index contributed by atoms with van der Waals surface area (Å²) < 4.78 is 1.02. The lowest BCUT2D eigenvalue weighted by molar-refractivity contribution is 0.0949. The number of carbonyl (C=O) groups excluding carboxylic acids is 2. The highest BCUT2D eigenvalue weighted by Crippen LogP contribution is 2.30. The quantitative estimate of drug-likeness (QED) is 0.290. The first-order chi connectivity index (χ1) is 18.0. The molecule has 0 fully saturated rings. The lowest BCUT2D eigenvalue weighted by Gasteiger charge is -2.32. The molecule has 5 rings (SSSR count). The highest BCUT2D eigenvalue weighted by molar-refractivity contribution is 9.10. The minimum atomic E-state index is -0.425. The molecule has 0 saturated heterocycles. The van der Waals surface area contributed by atoms with Gasteiger partial charge in [0, 0.05) is 40.9 Å². The van der Waals surface area contributed by atoms with Crippen LogP contribution < -0.4 is 16.0 Å². The first-order valence-electron chi connectivity index (χ1n) is 12.4. The number of hydrogen-bond acceptors (Lipinski definition) is 3. The molecule has 6 heteroatoms. The Labute approximate surface area is 225 Å². The molecule has 0 bridgehead atoms. The van der Waals surface area contributed by atoms with Crippen molar-refractivity contribution in [1.82, 2.24) is 5.32 Å². The van der Waals surface area contributed by atoms with Gasteiger partial charge in [-0.3, -0.25) is 9.59 Å². The van der Waals surface area contributed by atoms with Crippen LogP contribution in [0.4, 0.5) is 5.69 Å². The van der Waals surface area contributed by atoms with E-state index in [1.807, 2.05) is 66.7 Å². The number of anilines is 1. The molecule has 0 atom stereocenters. The molecule has 1 aliphatic rings. The van der Waals surface area contributed by atoms with Gasteiger partial charge in [-0.25, -0.2) is 0 Å². The number of amides is 2. The van der Waals surface area contributed by atoms with Crippen molar-refractivity contribution in [2.75, 3.05) is 11.4 Å². The van der Waals surface area contributed by atoms with Crippen LogP contribution >= 0.6 is 15.9 Å². The van der Waals surface area contributed by atoms with Crippen molar-refractivity contribution in [2.45, 2.75) is 25.9 Å². The third-order valence-electron chi connectivity index (χ3n) is 6.75. The van der Waals surface area contributed by atoms with E-state index in [0.29, 0.717) is 17.7 Å². The average Bonchev–Trinajstić information content (AvgIpc) is 2.93. The van der Waals surface area contributed by atoms with Crippen LogP contribution in [-0.4, -0.2) is 18.4 Å². The van der Waals surface area contributed by atoms with Gasteiger partial charge in [-0.1, -0.05) is 70.5 Å². The molecule has 2 amide bonds. The van der Waals surface area contributed by atoms with E-state index in [2.05, 4.69) is 44.3 Å². The molecule has 3 N–H and O–H groups in total. The summed E-state index contributed by atoms with van der Waals surface area (Å²) in [6, 6.07) is 29.7. The Kier molecular flexibility index (Phi) is 7.37. The summed E-state index contributed by atoms with van der Waals surface area (Å²) in [7, 11) is 0. The molecule has 4 aromatic rings. The van der Waals surface area contributed by atoms with Crippen LogP contribution in [0.15, 0.2) is 95.5 Å². The molecule has 1 aliphatic heterocycles. The molecule has 0 aliphatic carbocycles. The highest BCUT2D eigenvalue weighted by atomic mass is 79.9. The Morgan fingerprint density at radius 3 is 2.38 bits per heavy atom. The second kappa shape index (κ2) is 11.0. The molecule has 4 aromatic carbocycles. The average molecular weight is 554 g/mol. The predicted octanol–water partition coefficient (Wildman–Crippen LogP) is 6.10. The van der Waals surface area contributed by atoms with Crippen molar-refractivity contribution in [1.29, 1.82) is 0 Å². The third-order valence-corrected chi connectivity index (χ3v) is 7.28. The standard InChI is InChI=1S/C31H28BrN3O2/c32-26-14-9-21(10-15-26)19-34-31(37)25-13-16-29-24(18-25)4-3-17-35(29)20-22-7-11-23(12-8-22)27-5-1-2-6-28(27)30(33)36/h1-2,5-16,18H,3-4,17,19-20H2,(H2,33,36)(H,34,37). The van der Waals surface area contributed by atoms with E-state index in [1.54, 1.807) is 6.07 Å². The van der Waals surface area contributed by atoms with Crippen molar-refractivity contribution < 1.29 is 9.59 Å². The van der Waals surface area contributed by atoms with E-state index in [0.717, 1.165) is 47.1 Å². The van der Waals surface area contributed by atoms with Crippen molar-refractivity contribution in [3.8, 4) is 11.1 Å². The molecule has 5 nitrogen and oxygen atoms in total. The van der Waals surface area contributed by atoms with Crippen LogP contribution in [0, 0.1) is 0 Å². The molecular formula is C31H28BrN3O2. The summed E-state index contributed by atoms with van der Waals surface area (Å²) in [5.41, 5.74) is 13.2. The van der Waals surface area contributed by atoms with E-state index < -0.39 is 5.91 Å². The maximum atomic E-state index is 12.8. The zero-order valence-corrected chi connectivity index (χ0v) is 22.0. The van der Waals surface area contributed by atoms with E-state index >= 15 is 0 Å². The van der Waals surface area contributed by atoms with Crippen molar-refractivity contribution in [2.24, 2.45) is 5.73 Å². The molecule has 0 saturated carbocycles. The van der Waals surface area contributed by atoms with E-state index in [1.165, 1.54) is 16.8 Å². The van der Waals surface area contributed by atoms with Gasteiger partial charge in [0.05, 0.1) is 0 Å². The summed E-state index contributed by atoms with van der Waals surface area (Å²) in [5, 5.41) is 3.03. The Bertz CT molecular complexity index is 1430. The number of nitrogens with two attached hydrogens (primary N) is 1. The van der Waals surface area contributed by atoms with Crippen LogP contribution in [0.5, 0.6) is 0 Å². The third kappa shape index (κ3) is 5.75. The summed E-state index contributed by atoms with van der Waals surface area (Å²) >= 11 is 3.44. The van der Waals surface area contributed by atoms with Gasteiger partial charge in [-0.05, 0) is 77.1 Å². The van der Waals surface area contributed by atoms with E-state index in [4.69, 9.17) is 5.73 Å². The van der Waals surface area contributed by atoms with Crippen LogP contribution in [0.1, 0.15) is 43.8 Å². The smallest absolute Gasteiger partial charge is 0.251 e. The second-order valence-corrected chi connectivity index (χ2v) is 10.2. The molecule has 0 aromatic heterocycles. The van der Waals surface area contributed by atoms with Gasteiger partial charge in [0.25, 0.3) is 5.91 Å².